The van der Waals surface area contributed by atoms with Crippen molar-refractivity contribution in [3.63, 3.8) is 0 Å². The molecule has 0 aliphatic heterocycles. The van der Waals surface area contributed by atoms with Gasteiger partial charge in [0.05, 0.1) is 11.3 Å². The minimum absolute atomic E-state index is 0.303. The molecule has 0 spiro atoms. The van der Waals surface area contributed by atoms with Crippen LogP contribution in [0.3, 0.4) is 0 Å². The summed E-state index contributed by atoms with van der Waals surface area (Å²) in [4.78, 5) is 10.9. The Kier molecular flexibility index (Phi) is 4.45. The molecule has 0 saturated heterocycles. The van der Waals surface area contributed by atoms with Crippen molar-refractivity contribution in [3.05, 3.63) is 11.3 Å². The van der Waals surface area contributed by atoms with Crippen molar-refractivity contribution >= 4 is 28.9 Å². The molecule has 17 heavy (non-hydrogen) atoms. The van der Waals surface area contributed by atoms with Crippen LogP contribution in [0.4, 0.5) is 5.82 Å². The number of amides is 1. The lowest BCUT2D eigenvalue weighted by Crippen LogP contribution is -2.16. The molecule has 0 fully saturated rings. The number of aromatic nitrogens is 2. The van der Waals surface area contributed by atoms with Gasteiger partial charge in [-0.1, -0.05) is 12.2 Å². The third-order valence-electron chi connectivity index (χ3n) is 2.36. The van der Waals surface area contributed by atoms with Crippen LogP contribution < -0.4 is 16.8 Å². The molecular weight excluding hydrogens is 238 g/mol. The number of nitrogens with two attached hydrogens (primary N) is 2. The van der Waals surface area contributed by atoms with Gasteiger partial charge in [0.2, 0.25) is 5.91 Å². The maximum Gasteiger partial charge on any atom is 0.217 e. The highest BCUT2D eigenvalue weighted by Gasteiger charge is 2.14. The number of hydrogen-bond acceptors (Lipinski definition) is 4. The standard InChI is InChI=1S/C10H17N5OS/c1-6-8(9(12)17)10(15(2)14-6)13-5-3-4-7(11)16/h13H,3-5H2,1-2H3,(H2,11,16)(H2,12,17). The molecule has 1 heterocycles. The lowest BCUT2D eigenvalue weighted by Gasteiger charge is -2.08. The molecule has 0 saturated carbocycles. The van der Waals surface area contributed by atoms with Crippen molar-refractivity contribution in [2.75, 3.05) is 11.9 Å². The maximum atomic E-state index is 10.6. The van der Waals surface area contributed by atoms with Crippen LogP contribution in [-0.4, -0.2) is 27.2 Å². The Balaban J connectivity index is 2.70. The van der Waals surface area contributed by atoms with E-state index in [2.05, 4.69) is 10.4 Å². The van der Waals surface area contributed by atoms with E-state index in [1.54, 1.807) is 4.68 Å². The van der Waals surface area contributed by atoms with Crippen molar-refractivity contribution in [1.29, 1.82) is 0 Å². The highest BCUT2D eigenvalue weighted by Crippen LogP contribution is 2.18. The lowest BCUT2D eigenvalue weighted by atomic mass is 10.2. The van der Waals surface area contributed by atoms with E-state index >= 15 is 0 Å². The van der Waals surface area contributed by atoms with Crippen LogP contribution in [0, 0.1) is 6.92 Å². The molecule has 0 aliphatic carbocycles. The van der Waals surface area contributed by atoms with Crippen LogP contribution >= 0.6 is 12.2 Å². The molecule has 0 aliphatic rings. The van der Waals surface area contributed by atoms with Crippen LogP contribution in [0.2, 0.25) is 0 Å². The topological polar surface area (TPSA) is 99.0 Å². The summed E-state index contributed by atoms with van der Waals surface area (Å²) in [6.07, 6.45) is 1.02. The smallest absolute Gasteiger partial charge is 0.217 e. The van der Waals surface area contributed by atoms with Gasteiger partial charge in [-0.2, -0.15) is 5.10 Å². The van der Waals surface area contributed by atoms with E-state index in [1.165, 1.54) is 0 Å². The SMILES string of the molecule is Cc1nn(C)c(NCCCC(N)=O)c1C(N)=S. The van der Waals surface area contributed by atoms with Gasteiger partial charge in [0.15, 0.2) is 0 Å². The summed E-state index contributed by atoms with van der Waals surface area (Å²) < 4.78 is 1.69. The van der Waals surface area contributed by atoms with E-state index < -0.39 is 0 Å². The molecule has 0 atom stereocenters. The summed E-state index contributed by atoms with van der Waals surface area (Å²) in [5.74, 6) is 0.474. The third-order valence-corrected chi connectivity index (χ3v) is 2.57. The van der Waals surface area contributed by atoms with E-state index in [0.717, 1.165) is 17.1 Å². The monoisotopic (exact) mass is 255 g/mol. The van der Waals surface area contributed by atoms with E-state index in [0.29, 0.717) is 24.4 Å². The molecule has 0 bridgehead atoms. The molecule has 0 unspecified atom stereocenters. The quantitative estimate of drug-likeness (QED) is 0.492. The predicted octanol–water partition coefficient (Wildman–Crippen LogP) is 0.0401. The Bertz CT molecular complexity index is 440. The van der Waals surface area contributed by atoms with Gasteiger partial charge in [-0.15, -0.1) is 0 Å². The molecule has 1 aromatic heterocycles. The molecule has 94 valence electrons. The fourth-order valence-electron chi connectivity index (χ4n) is 1.63. The molecule has 5 N–H and O–H groups in total. The number of primary amides is 1. The Hall–Kier alpha value is -1.63. The van der Waals surface area contributed by atoms with Gasteiger partial charge in [0.25, 0.3) is 0 Å². The van der Waals surface area contributed by atoms with Crippen molar-refractivity contribution in [1.82, 2.24) is 9.78 Å². The van der Waals surface area contributed by atoms with Crippen molar-refractivity contribution in [3.8, 4) is 0 Å². The van der Waals surface area contributed by atoms with Crippen LogP contribution in [0.1, 0.15) is 24.1 Å². The van der Waals surface area contributed by atoms with Crippen molar-refractivity contribution in [2.24, 2.45) is 18.5 Å². The van der Waals surface area contributed by atoms with Gasteiger partial charge in [-0.3, -0.25) is 9.48 Å². The number of carbonyl (C=O) groups is 1. The zero-order chi connectivity index (χ0) is 13.0. The molecule has 7 heteroatoms. The molecule has 1 amide bonds. The Morgan fingerprint density at radius 3 is 2.71 bits per heavy atom. The lowest BCUT2D eigenvalue weighted by molar-refractivity contribution is -0.118. The Morgan fingerprint density at radius 1 is 1.53 bits per heavy atom. The van der Waals surface area contributed by atoms with Gasteiger partial charge >= 0.3 is 0 Å². The summed E-state index contributed by atoms with van der Waals surface area (Å²) >= 11 is 4.98. The van der Waals surface area contributed by atoms with Crippen LogP contribution in [-0.2, 0) is 11.8 Å². The summed E-state index contributed by atoms with van der Waals surface area (Å²) in [6.45, 7) is 2.47. The number of carbonyl (C=O) groups excluding carboxylic acids is 1. The first-order chi connectivity index (χ1) is 7.93. The summed E-state index contributed by atoms with van der Waals surface area (Å²) in [6, 6.07) is 0. The molecule has 1 aromatic rings. The number of aryl methyl sites for hydroxylation is 2. The number of thiocarbonyl (C=S) groups is 1. The van der Waals surface area contributed by atoms with Crippen LogP contribution in [0.5, 0.6) is 0 Å². The second kappa shape index (κ2) is 5.62. The highest BCUT2D eigenvalue weighted by molar-refractivity contribution is 7.80. The average Bonchev–Trinajstić information content (AvgIpc) is 2.48. The van der Waals surface area contributed by atoms with Crippen LogP contribution in [0.25, 0.3) is 0 Å². The summed E-state index contributed by atoms with van der Waals surface area (Å²) in [7, 11) is 1.81. The third kappa shape index (κ3) is 3.42. The minimum Gasteiger partial charge on any atom is -0.389 e. The van der Waals surface area contributed by atoms with E-state index in [9.17, 15) is 4.79 Å². The van der Waals surface area contributed by atoms with Gasteiger partial charge in [0, 0.05) is 20.0 Å². The Labute approximate surface area is 105 Å². The van der Waals surface area contributed by atoms with E-state index in [4.69, 9.17) is 23.7 Å². The van der Waals surface area contributed by atoms with Crippen LogP contribution in [0.15, 0.2) is 0 Å². The molecule has 1 rings (SSSR count). The normalized spacial score (nSPS) is 10.2. The number of anilines is 1. The number of hydrogen-bond donors (Lipinski definition) is 3. The average molecular weight is 255 g/mol. The first kappa shape index (κ1) is 13.4. The van der Waals surface area contributed by atoms with Gasteiger partial charge in [-0.25, -0.2) is 0 Å². The summed E-state index contributed by atoms with van der Waals surface area (Å²) in [5.41, 5.74) is 12.2. The molecule has 6 nitrogen and oxygen atoms in total. The molecule has 0 aromatic carbocycles. The largest absolute Gasteiger partial charge is 0.389 e. The summed E-state index contributed by atoms with van der Waals surface area (Å²) in [5, 5.41) is 7.41. The first-order valence-electron chi connectivity index (χ1n) is 5.29. The number of nitrogens with zero attached hydrogens (tertiary/aromatic N) is 2. The van der Waals surface area contributed by atoms with Crippen molar-refractivity contribution < 1.29 is 4.79 Å². The number of rotatable bonds is 6. The first-order valence-corrected chi connectivity index (χ1v) is 5.70. The second-order valence-electron chi connectivity index (χ2n) is 3.79. The predicted molar refractivity (Wildman–Crippen MR) is 70.8 cm³/mol. The Morgan fingerprint density at radius 2 is 2.18 bits per heavy atom. The highest BCUT2D eigenvalue weighted by atomic mass is 32.1. The zero-order valence-corrected chi connectivity index (χ0v) is 10.8. The van der Waals surface area contributed by atoms with Gasteiger partial charge in [0.1, 0.15) is 10.8 Å². The van der Waals surface area contributed by atoms with E-state index in [-0.39, 0.29) is 5.91 Å². The molecule has 0 radical (unpaired) electrons. The van der Waals surface area contributed by atoms with Crippen molar-refractivity contribution in [2.45, 2.75) is 19.8 Å². The zero-order valence-electron chi connectivity index (χ0n) is 9.99. The molecular formula is C10H17N5OS. The maximum absolute atomic E-state index is 10.6. The second-order valence-corrected chi connectivity index (χ2v) is 4.23. The fraction of sp³-hybridized carbons (Fsp3) is 0.500. The van der Waals surface area contributed by atoms with Gasteiger partial charge in [-0.05, 0) is 13.3 Å². The van der Waals surface area contributed by atoms with E-state index in [1.807, 2.05) is 14.0 Å². The fourth-order valence-corrected chi connectivity index (χ4v) is 1.87. The minimum atomic E-state index is -0.303. The number of nitrogens with one attached hydrogen (secondary N) is 1. The van der Waals surface area contributed by atoms with Gasteiger partial charge < -0.3 is 16.8 Å².